The summed E-state index contributed by atoms with van der Waals surface area (Å²) in [5.74, 6) is -0.282. The average Bonchev–Trinajstić information content (AvgIpc) is 3.37. The van der Waals surface area contributed by atoms with E-state index in [0.717, 1.165) is 33.0 Å². The predicted octanol–water partition coefficient (Wildman–Crippen LogP) is 2.60. The lowest BCUT2D eigenvalue weighted by Gasteiger charge is -2.18. The maximum Gasteiger partial charge on any atom is 0.249 e. The summed E-state index contributed by atoms with van der Waals surface area (Å²) in [6.07, 6.45) is 3.08. The number of anilines is 1. The number of sulfonamides is 1. The molecule has 0 unspecified atom stereocenters. The summed E-state index contributed by atoms with van der Waals surface area (Å²) in [6.45, 7) is 1.57. The highest BCUT2D eigenvalue weighted by Gasteiger charge is 2.32. The van der Waals surface area contributed by atoms with Crippen LogP contribution < -0.4 is 10.0 Å². The first-order chi connectivity index (χ1) is 13.2. The molecular weight excluding hydrogens is 416 g/mol. The minimum absolute atomic E-state index is 0.00931. The monoisotopic (exact) mass is 434 g/mol. The first kappa shape index (κ1) is 19.2. The van der Waals surface area contributed by atoms with Gasteiger partial charge in [0.25, 0.3) is 0 Å². The summed E-state index contributed by atoms with van der Waals surface area (Å²) in [5, 5.41) is 8.46. The zero-order valence-electron chi connectivity index (χ0n) is 15.2. The zero-order valence-corrected chi connectivity index (χ0v) is 17.7. The number of amides is 1. The van der Waals surface area contributed by atoms with E-state index in [0.29, 0.717) is 23.7 Å². The maximum absolute atomic E-state index is 13.0. The van der Waals surface area contributed by atoms with Crippen LogP contribution in [-0.4, -0.2) is 31.3 Å². The van der Waals surface area contributed by atoms with E-state index in [1.165, 1.54) is 4.90 Å². The summed E-state index contributed by atoms with van der Waals surface area (Å²) in [7, 11) is -2.23. The quantitative estimate of drug-likeness (QED) is 0.679. The fourth-order valence-electron chi connectivity index (χ4n) is 3.44. The summed E-state index contributed by atoms with van der Waals surface area (Å²) >= 11 is 2.50. The molecule has 3 aromatic rings. The number of aromatic nitrogens is 2. The van der Waals surface area contributed by atoms with Crippen molar-refractivity contribution in [1.82, 2.24) is 9.97 Å². The van der Waals surface area contributed by atoms with Crippen LogP contribution in [0, 0.1) is 12.8 Å². The largest absolute Gasteiger partial charge is 0.291 e. The molecule has 1 amide bonds. The van der Waals surface area contributed by atoms with E-state index < -0.39 is 10.0 Å². The molecule has 2 heterocycles. The summed E-state index contributed by atoms with van der Waals surface area (Å²) < 4.78 is 23.3. The molecular formula is C18H18N4O3S3. The number of fused-ring (bicyclic) bond motifs is 1. The number of primary sulfonamides is 1. The Morgan fingerprint density at radius 1 is 1.29 bits per heavy atom. The van der Waals surface area contributed by atoms with Gasteiger partial charge in [0.1, 0.15) is 5.01 Å². The van der Waals surface area contributed by atoms with Crippen LogP contribution in [0.25, 0.3) is 10.6 Å². The molecule has 28 heavy (non-hydrogen) atoms. The van der Waals surface area contributed by atoms with Gasteiger partial charge in [0.2, 0.25) is 15.9 Å². The molecule has 1 atom stereocenters. The molecule has 0 radical (unpaired) electrons. The van der Waals surface area contributed by atoms with Crippen LogP contribution in [0.3, 0.4) is 0 Å². The smallest absolute Gasteiger partial charge is 0.249 e. The lowest BCUT2D eigenvalue weighted by Crippen LogP contribution is -2.33. The number of nitrogens with two attached hydrogens (primary N) is 1. The number of hydrogen-bond acceptors (Lipinski definition) is 7. The third kappa shape index (κ3) is 3.48. The van der Waals surface area contributed by atoms with Gasteiger partial charge in [-0.15, -0.1) is 11.3 Å². The second-order valence-electron chi connectivity index (χ2n) is 6.74. The molecule has 0 aliphatic heterocycles. The fraction of sp³-hybridized carbons (Fsp3) is 0.278. The Hall–Kier alpha value is -2.14. The van der Waals surface area contributed by atoms with Crippen molar-refractivity contribution >= 4 is 43.7 Å². The zero-order chi connectivity index (χ0) is 20.1. The Kier molecular flexibility index (Phi) is 4.82. The van der Waals surface area contributed by atoms with Gasteiger partial charge in [0.15, 0.2) is 9.34 Å². The second-order valence-corrected chi connectivity index (χ2v) is 10.4. The molecule has 0 bridgehead atoms. The van der Waals surface area contributed by atoms with Crippen LogP contribution in [0.4, 0.5) is 5.13 Å². The Morgan fingerprint density at radius 3 is 2.68 bits per heavy atom. The molecule has 0 fully saturated rings. The first-order valence-corrected chi connectivity index (χ1v) is 11.8. The Labute approximate surface area is 170 Å². The highest BCUT2D eigenvalue weighted by molar-refractivity contribution is 7.91. The topological polar surface area (TPSA) is 106 Å². The standard InChI is InChI=1S/C18H18N4O3S3/c1-10-17(28(19,24)25)27-18(21-10)22(2)16(23)14-7-11-3-4-12(8-13(11)9-14)15-20-5-6-26-15/h3-6,8,14H,7,9H2,1-2H3,(H2,19,24,25)/t14-/m0/s1. The Balaban J connectivity index is 1.54. The Morgan fingerprint density at radius 2 is 2.04 bits per heavy atom. The fourth-order valence-corrected chi connectivity index (χ4v) is 5.99. The van der Waals surface area contributed by atoms with E-state index >= 15 is 0 Å². The number of carbonyl (C=O) groups is 1. The molecule has 1 aromatic carbocycles. The van der Waals surface area contributed by atoms with Crippen LogP contribution in [-0.2, 0) is 27.7 Å². The van der Waals surface area contributed by atoms with Gasteiger partial charge in [0.05, 0.1) is 5.69 Å². The van der Waals surface area contributed by atoms with Gasteiger partial charge >= 0.3 is 0 Å². The van der Waals surface area contributed by atoms with Gasteiger partial charge in [-0.2, -0.15) is 0 Å². The van der Waals surface area contributed by atoms with Crippen LogP contribution in [0.15, 0.2) is 34.0 Å². The molecule has 4 rings (SSSR count). The number of hydrogen-bond donors (Lipinski definition) is 1. The van der Waals surface area contributed by atoms with Crippen LogP contribution in [0.1, 0.15) is 16.8 Å². The summed E-state index contributed by atoms with van der Waals surface area (Å²) in [6, 6.07) is 6.21. The molecule has 2 aromatic heterocycles. The second kappa shape index (κ2) is 7.03. The number of aryl methyl sites for hydroxylation is 1. The van der Waals surface area contributed by atoms with E-state index in [4.69, 9.17) is 5.14 Å². The van der Waals surface area contributed by atoms with Crippen LogP contribution in [0.5, 0.6) is 0 Å². The van der Waals surface area contributed by atoms with Gasteiger partial charge < -0.3 is 0 Å². The van der Waals surface area contributed by atoms with Crippen molar-refractivity contribution in [2.75, 3.05) is 11.9 Å². The molecule has 2 N–H and O–H groups in total. The van der Waals surface area contributed by atoms with Gasteiger partial charge in [0, 0.05) is 30.1 Å². The van der Waals surface area contributed by atoms with Crippen molar-refractivity contribution in [3.63, 3.8) is 0 Å². The molecule has 1 aliphatic carbocycles. The van der Waals surface area contributed by atoms with Crippen molar-refractivity contribution in [3.8, 4) is 10.6 Å². The van der Waals surface area contributed by atoms with Gasteiger partial charge in [-0.3, -0.25) is 9.69 Å². The molecule has 146 valence electrons. The highest BCUT2D eigenvalue weighted by atomic mass is 32.2. The molecule has 10 heteroatoms. The molecule has 7 nitrogen and oxygen atoms in total. The maximum atomic E-state index is 13.0. The van der Waals surface area contributed by atoms with E-state index in [2.05, 4.69) is 22.1 Å². The normalized spacial score (nSPS) is 16.2. The van der Waals surface area contributed by atoms with E-state index in [1.807, 2.05) is 11.4 Å². The van der Waals surface area contributed by atoms with Crippen LogP contribution >= 0.6 is 22.7 Å². The summed E-state index contributed by atoms with van der Waals surface area (Å²) in [4.78, 5) is 23.0. The first-order valence-electron chi connectivity index (χ1n) is 8.53. The van der Waals surface area contributed by atoms with Gasteiger partial charge in [-0.1, -0.05) is 23.5 Å². The number of nitrogens with zero attached hydrogens (tertiary/aromatic N) is 3. The number of rotatable bonds is 4. The van der Waals surface area contributed by atoms with Crippen molar-refractivity contribution < 1.29 is 13.2 Å². The van der Waals surface area contributed by atoms with E-state index in [9.17, 15) is 13.2 Å². The third-order valence-corrected chi connectivity index (χ3v) is 8.40. The van der Waals surface area contributed by atoms with Crippen molar-refractivity contribution in [2.45, 2.75) is 24.0 Å². The van der Waals surface area contributed by atoms with E-state index in [1.54, 1.807) is 31.5 Å². The predicted molar refractivity (Wildman–Crippen MR) is 110 cm³/mol. The van der Waals surface area contributed by atoms with Crippen molar-refractivity contribution in [1.29, 1.82) is 0 Å². The number of thiazole rings is 2. The Bertz CT molecular complexity index is 1150. The molecule has 0 saturated heterocycles. The SMILES string of the molecule is Cc1nc(N(C)C(=O)[C@H]2Cc3ccc(-c4nccs4)cc3C2)sc1S(N)(=O)=O. The minimum Gasteiger partial charge on any atom is -0.291 e. The lowest BCUT2D eigenvalue weighted by molar-refractivity contribution is -0.121. The number of carbonyl (C=O) groups excluding carboxylic acids is 1. The van der Waals surface area contributed by atoms with Crippen LogP contribution in [0.2, 0.25) is 0 Å². The van der Waals surface area contributed by atoms with Crippen molar-refractivity contribution in [3.05, 3.63) is 46.6 Å². The van der Waals surface area contributed by atoms with Gasteiger partial charge in [-0.25, -0.2) is 23.5 Å². The number of benzene rings is 1. The highest BCUT2D eigenvalue weighted by Crippen LogP contribution is 2.34. The lowest BCUT2D eigenvalue weighted by atomic mass is 10.1. The molecule has 0 spiro atoms. The third-order valence-electron chi connectivity index (χ3n) is 4.79. The molecule has 1 aliphatic rings. The van der Waals surface area contributed by atoms with E-state index in [-0.39, 0.29) is 16.0 Å². The van der Waals surface area contributed by atoms with Gasteiger partial charge in [-0.05, 0) is 37.0 Å². The summed E-state index contributed by atoms with van der Waals surface area (Å²) in [5.41, 5.74) is 3.68. The average molecular weight is 435 g/mol. The molecule has 0 saturated carbocycles. The minimum atomic E-state index is -3.85. The van der Waals surface area contributed by atoms with Crippen molar-refractivity contribution in [2.24, 2.45) is 11.1 Å².